The predicted octanol–water partition coefficient (Wildman–Crippen LogP) is 1.85. The fraction of sp³-hybridized carbons (Fsp3) is 0.500. The second-order valence-corrected chi connectivity index (χ2v) is 6.11. The third kappa shape index (κ3) is 1.95. The van der Waals surface area contributed by atoms with Crippen LogP contribution >= 0.6 is 11.3 Å². The van der Waals surface area contributed by atoms with Crippen LogP contribution in [0.5, 0.6) is 0 Å². The van der Waals surface area contributed by atoms with Gasteiger partial charge in [0.2, 0.25) is 0 Å². The summed E-state index contributed by atoms with van der Waals surface area (Å²) in [5.41, 5.74) is 0.761. The van der Waals surface area contributed by atoms with Crippen molar-refractivity contribution in [2.75, 3.05) is 7.05 Å². The number of carbonyl (C=O) groups is 1. The van der Waals surface area contributed by atoms with Gasteiger partial charge in [0.1, 0.15) is 10.7 Å². The van der Waals surface area contributed by atoms with E-state index in [0.717, 1.165) is 43.6 Å². The fourth-order valence-electron chi connectivity index (χ4n) is 2.74. The summed E-state index contributed by atoms with van der Waals surface area (Å²) in [6.07, 6.45) is 4.08. The molecule has 2 aromatic rings. The maximum Gasteiger partial charge on any atom is 0.262 e. The number of hydrogen-bond donors (Lipinski definition) is 1. The van der Waals surface area contributed by atoms with Crippen LogP contribution < -0.4 is 10.9 Å². The zero-order chi connectivity index (χ0) is 14.3. The summed E-state index contributed by atoms with van der Waals surface area (Å²) in [6, 6.07) is 0. The first kappa shape index (κ1) is 13.3. The third-order valence-corrected chi connectivity index (χ3v) is 5.03. The average Bonchev–Trinajstić information content (AvgIpc) is 2.63. The van der Waals surface area contributed by atoms with Crippen LogP contribution in [0.25, 0.3) is 10.2 Å². The van der Waals surface area contributed by atoms with Crippen LogP contribution in [-0.2, 0) is 13.0 Å². The Bertz CT molecular complexity index is 745. The molecule has 1 N–H and O–H groups in total. The molecule has 6 heteroatoms. The number of aryl methyl sites for hydroxylation is 2. The van der Waals surface area contributed by atoms with Gasteiger partial charge in [-0.2, -0.15) is 0 Å². The first-order valence-corrected chi connectivity index (χ1v) is 7.70. The lowest BCUT2D eigenvalue weighted by Crippen LogP contribution is -2.24. The molecule has 3 rings (SSSR count). The zero-order valence-corrected chi connectivity index (χ0v) is 12.5. The summed E-state index contributed by atoms with van der Waals surface area (Å²) >= 11 is 1.31. The average molecular weight is 291 g/mol. The van der Waals surface area contributed by atoms with Crippen molar-refractivity contribution in [1.29, 1.82) is 0 Å². The van der Waals surface area contributed by atoms with Crippen molar-refractivity contribution >= 4 is 27.5 Å². The minimum absolute atomic E-state index is 0.0100. The van der Waals surface area contributed by atoms with Gasteiger partial charge < -0.3 is 5.32 Å². The van der Waals surface area contributed by atoms with Gasteiger partial charge in [-0.1, -0.05) is 6.42 Å². The second-order valence-electron chi connectivity index (χ2n) is 5.11. The molecule has 0 aromatic carbocycles. The normalized spacial score (nSPS) is 14.9. The molecule has 0 spiro atoms. The van der Waals surface area contributed by atoms with Gasteiger partial charge in [0, 0.05) is 20.0 Å². The molecule has 0 fully saturated rings. The van der Waals surface area contributed by atoms with Crippen molar-refractivity contribution < 1.29 is 4.79 Å². The standard InChI is InChI=1S/C14H17N3O2S/c1-8-10-13(20-11(8)12(18)15-2)16-9-6-4-3-5-7-17(9)14(10)19/h3-7H2,1-2H3,(H,15,18). The van der Waals surface area contributed by atoms with Crippen molar-refractivity contribution in [3.05, 3.63) is 26.6 Å². The molecule has 5 nitrogen and oxygen atoms in total. The summed E-state index contributed by atoms with van der Waals surface area (Å²) in [5, 5.41) is 3.23. The van der Waals surface area contributed by atoms with Crippen molar-refractivity contribution in [3.63, 3.8) is 0 Å². The van der Waals surface area contributed by atoms with E-state index in [4.69, 9.17) is 0 Å². The molecule has 0 saturated carbocycles. The molecule has 1 aliphatic rings. The van der Waals surface area contributed by atoms with E-state index >= 15 is 0 Å². The minimum Gasteiger partial charge on any atom is -0.354 e. The topological polar surface area (TPSA) is 64.0 Å². The Hall–Kier alpha value is -1.69. The number of carbonyl (C=O) groups excluding carboxylic acids is 1. The van der Waals surface area contributed by atoms with Gasteiger partial charge in [0.05, 0.1) is 10.3 Å². The summed E-state index contributed by atoms with van der Waals surface area (Å²) < 4.78 is 1.79. The highest BCUT2D eigenvalue weighted by atomic mass is 32.1. The molecule has 3 heterocycles. The monoisotopic (exact) mass is 291 g/mol. The van der Waals surface area contributed by atoms with Crippen molar-refractivity contribution in [2.45, 2.75) is 39.2 Å². The first-order valence-electron chi connectivity index (χ1n) is 6.88. The van der Waals surface area contributed by atoms with Gasteiger partial charge in [0.15, 0.2) is 0 Å². The maximum atomic E-state index is 12.7. The molecule has 1 aliphatic heterocycles. The van der Waals surface area contributed by atoms with Crippen LogP contribution in [0.3, 0.4) is 0 Å². The predicted molar refractivity (Wildman–Crippen MR) is 79.6 cm³/mol. The lowest BCUT2D eigenvalue weighted by molar-refractivity contribution is 0.0966. The van der Waals surface area contributed by atoms with Crippen LogP contribution in [0.15, 0.2) is 4.79 Å². The zero-order valence-electron chi connectivity index (χ0n) is 11.7. The van der Waals surface area contributed by atoms with Gasteiger partial charge in [-0.3, -0.25) is 14.2 Å². The molecule has 0 aliphatic carbocycles. The van der Waals surface area contributed by atoms with Crippen molar-refractivity contribution in [1.82, 2.24) is 14.9 Å². The molecule has 20 heavy (non-hydrogen) atoms. The number of nitrogens with one attached hydrogen (secondary N) is 1. The number of nitrogens with zero attached hydrogens (tertiary/aromatic N) is 2. The van der Waals surface area contributed by atoms with Gasteiger partial charge in [0.25, 0.3) is 11.5 Å². The molecular weight excluding hydrogens is 274 g/mol. The molecule has 0 radical (unpaired) electrons. The summed E-state index contributed by atoms with van der Waals surface area (Å²) in [7, 11) is 1.60. The molecule has 1 amide bonds. The molecule has 0 atom stereocenters. The number of aromatic nitrogens is 2. The summed E-state index contributed by atoms with van der Waals surface area (Å²) in [6.45, 7) is 2.57. The number of amides is 1. The summed E-state index contributed by atoms with van der Waals surface area (Å²) in [4.78, 5) is 30.4. The molecule has 2 aromatic heterocycles. The molecule has 0 saturated heterocycles. The van der Waals surface area contributed by atoms with E-state index in [2.05, 4.69) is 10.3 Å². The molecule has 0 bridgehead atoms. The van der Waals surface area contributed by atoms with E-state index in [1.165, 1.54) is 11.3 Å². The quantitative estimate of drug-likeness (QED) is 0.872. The lowest BCUT2D eigenvalue weighted by Gasteiger charge is -2.08. The first-order chi connectivity index (χ1) is 9.63. The number of rotatable bonds is 1. The number of fused-ring (bicyclic) bond motifs is 2. The summed E-state index contributed by atoms with van der Waals surface area (Å²) in [5.74, 6) is 0.717. The minimum atomic E-state index is -0.148. The molecular formula is C14H17N3O2S. The van der Waals surface area contributed by atoms with Crippen LogP contribution in [0.4, 0.5) is 0 Å². The lowest BCUT2D eigenvalue weighted by atomic mass is 10.2. The van der Waals surface area contributed by atoms with Crippen LogP contribution in [0, 0.1) is 6.92 Å². The van der Waals surface area contributed by atoms with E-state index in [1.807, 2.05) is 6.92 Å². The fourth-order valence-corrected chi connectivity index (χ4v) is 3.88. The maximum absolute atomic E-state index is 12.7. The van der Waals surface area contributed by atoms with Crippen molar-refractivity contribution in [3.8, 4) is 0 Å². The van der Waals surface area contributed by atoms with E-state index < -0.39 is 0 Å². The van der Waals surface area contributed by atoms with Gasteiger partial charge in [-0.25, -0.2) is 4.98 Å². The largest absolute Gasteiger partial charge is 0.354 e. The van der Waals surface area contributed by atoms with E-state index in [1.54, 1.807) is 11.6 Å². The highest BCUT2D eigenvalue weighted by molar-refractivity contribution is 7.20. The van der Waals surface area contributed by atoms with Crippen LogP contribution in [0.2, 0.25) is 0 Å². The highest BCUT2D eigenvalue weighted by Crippen LogP contribution is 2.28. The Morgan fingerprint density at radius 2 is 2.15 bits per heavy atom. The van der Waals surface area contributed by atoms with Crippen molar-refractivity contribution in [2.24, 2.45) is 0 Å². The van der Waals surface area contributed by atoms with E-state index in [0.29, 0.717) is 15.1 Å². The molecule has 0 unspecified atom stereocenters. The molecule has 106 valence electrons. The van der Waals surface area contributed by atoms with Crippen LogP contribution in [-0.4, -0.2) is 22.5 Å². The number of thiophene rings is 1. The van der Waals surface area contributed by atoms with E-state index in [9.17, 15) is 9.59 Å². The Labute approximate surface area is 120 Å². The SMILES string of the molecule is CNC(=O)c1sc2nc3n(c(=O)c2c1C)CCCCC3. The van der Waals surface area contributed by atoms with Gasteiger partial charge in [-0.15, -0.1) is 11.3 Å². The van der Waals surface area contributed by atoms with Crippen LogP contribution in [0.1, 0.15) is 40.3 Å². The Kier molecular flexibility index (Phi) is 3.33. The number of hydrogen-bond acceptors (Lipinski definition) is 4. The van der Waals surface area contributed by atoms with E-state index in [-0.39, 0.29) is 11.5 Å². The smallest absolute Gasteiger partial charge is 0.262 e. The Balaban J connectivity index is 2.29. The highest BCUT2D eigenvalue weighted by Gasteiger charge is 2.21. The van der Waals surface area contributed by atoms with Gasteiger partial charge >= 0.3 is 0 Å². The third-order valence-electron chi connectivity index (χ3n) is 3.84. The Morgan fingerprint density at radius 1 is 1.35 bits per heavy atom. The van der Waals surface area contributed by atoms with Gasteiger partial charge in [-0.05, 0) is 25.3 Å². The Morgan fingerprint density at radius 3 is 2.90 bits per heavy atom. The second kappa shape index (κ2) is 5.01.